The highest BCUT2D eigenvalue weighted by Gasteiger charge is 2.05. The van der Waals surface area contributed by atoms with Crippen molar-refractivity contribution in [2.75, 3.05) is 16.4 Å². The summed E-state index contributed by atoms with van der Waals surface area (Å²) in [7, 11) is 0. The number of nitrogens with one attached hydrogen (secondary N) is 2. The summed E-state index contributed by atoms with van der Waals surface area (Å²) in [6, 6.07) is 10.6. The highest BCUT2D eigenvalue weighted by Crippen LogP contribution is 2.22. The minimum absolute atomic E-state index is 0.131. The van der Waals surface area contributed by atoms with E-state index in [0.717, 1.165) is 4.90 Å². The molecule has 7 heteroatoms. The highest BCUT2D eigenvalue weighted by molar-refractivity contribution is 8.00. The summed E-state index contributed by atoms with van der Waals surface area (Å²) in [4.78, 5) is 27.8. The number of amides is 2. The van der Waals surface area contributed by atoms with Crippen molar-refractivity contribution in [2.45, 2.75) is 11.8 Å². The maximum atomic E-state index is 11.9. The lowest BCUT2D eigenvalue weighted by Gasteiger charge is -2.06. The number of aromatic nitrogens is 1. The van der Waals surface area contributed by atoms with Crippen LogP contribution < -0.4 is 10.6 Å². The maximum absolute atomic E-state index is 11.9. The van der Waals surface area contributed by atoms with E-state index in [1.165, 1.54) is 24.9 Å². The molecule has 0 radical (unpaired) electrons. The summed E-state index contributed by atoms with van der Waals surface area (Å²) in [5, 5.41) is 5.91. The first-order chi connectivity index (χ1) is 10.5. The fourth-order valence-corrected chi connectivity index (χ4v) is 2.51. The zero-order valence-electron chi connectivity index (χ0n) is 11.8. The Morgan fingerprint density at radius 1 is 1.23 bits per heavy atom. The van der Waals surface area contributed by atoms with Gasteiger partial charge in [0.1, 0.15) is 5.82 Å². The van der Waals surface area contributed by atoms with Gasteiger partial charge in [0.25, 0.3) is 0 Å². The molecule has 5 nitrogen and oxygen atoms in total. The molecule has 22 heavy (non-hydrogen) atoms. The van der Waals surface area contributed by atoms with Crippen molar-refractivity contribution in [3.8, 4) is 0 Å². The molecule has 0 unspecified atom stereocenters. The Hall–Kier alpha value is -2.05. The third-order valence-electron chi connectivity index (χ3n) is 2.52. The molecular formula is C15H14ClN3O2S. The predicted molar refractivity (Wildman–Crippen MR) is 89.3 cm³/mol. The summed E-state index contributed by atoms with van der Waals surface area (Å²) in [6.07, 6.45) is 1.47. The molecular weight excluding hydrogens is 322 g/mol. The van der Waals surface area contributed by atoms with Gasteiger partial charge in [0, 0.05) is 23.7 Å². The molecule has 0 aliphatic heterocycles. The van der Waals surface area contributed by atoms with Crippen LogP contribution in [0.3, 0.4) is 0 Å². The van der Waals surface area contributed by atoms with Gasteiger partial charge in [-0.15, -0.1) is 11.8 Å². The summed E-state index contributed by atoms with van der Waals surface area (Å²) in [5.74, 6) is 0.411. The minimum Gasteiger partial charge on any atom is -0.326 e. The van der Waals surface area contributed by atoms with Gasteiger partial charge in [0.05, 0.1) is 10.8 Å². The molecule has 2 amide bonds. The Bertz CT molecular complexity index is 677. The minimum atomic E-state index is -0.162. The molecule has 1 aromatic carbocycles. The molecule has 114 valence electrons. The van der Waals surface area contributed by atoms with Gasteiger partial charge in [-0.25, -0.2) is 4.98 Å². The number of rotatable bonds is 5. The molecule has 0 aliphatic rings. The molecule has 0 bridgehead atoms. The SMILES string of the molecule is CC(=O)Nc1cccc(SCC(=O)Nc2ccc(Cl)cn2)c1. The van der Waals surface area contributed by atoms with Crippen molar-refractivity contribution >= 4 is 46.7 Å². The number of carbonyl (C=O) groups is 2. The molecule has 1 aromatic heterocycles. The third-order valence-corrected chi connectivity index (χ3v) is 3.74. The van der Waals surface area contributed by atoms with E-state index in [-0.39, 0.29) is 17.6 Å². The van der Waals surface area contributed by atoms with Gasteiger partial charge < -0.3 is 10.6 Å². The average Bonchev–Trinajstić information content (AvgIpc) is 2.47. The largest absolute Gasteiger partial charge is 0.326 e. The van der Waals surface area contributed by atoms with Gasteiger partial charge in [0.15, 0.2) is 0 Å². The quantitative estimate of drug-likeness (QED) is 0.821. The lowest BCUT2D eigenvalue weighted by atomic mass is 10.3. The molecule has 1 heterocycles. The second kappa shape index (κ2) is 7.82. The van der Waals surface area contributed by atoms with Crippen LogP contribution in [-0.2, 0) is 9.59 Å². The monoisotopic (exact) mass is 335 g/mol. The van der Waals surface area contributed by atoms with Gasteiger partial charge in [-0.1, -0.05) is 17.7 Å². The van der Waals surface area contributed by atoms with Crippen molar-refractivity contribution in [1.82, 2.24) is 4.98 Å². The molecule has 0 atom stereocenters. The van der Waals surface area contributed by atoms with Crippen LogP contribution >= 0.6 is 23.4 Å². The first-order valence-electron chi connectivity index (χ1n) is 6.45. The van der Waals surface area contributed by atoms with Crippen molar-refractivity contribution < 1.29 is 9.59 Å². The zero-order chi connectivity index (χ0) is 15.9. The van der Waals surface area contributed by atoms with Crippen LogP contribution in [0.5, 0.6) is 0 Å². The van der Waals surface area contributed by atoms with Crippen LogP contribution in [-0.4, -0.2) is 22.6 Å². The Morgan fingerprint density at radius 3 is 2.73 bits per heavy atom. The van der Waals surface area contributed by atoms with Crippen molar-refractivity contribution in [3.63, 3.8) is 0 Å². The Balaban J connectivity index is 1.88. The molecule has 2 aromatic rings. The topological polar surface area (TPSA) is 71.1 Å². The summed E-state index contributed by atoms with van der Waals surface area (Å²) in [6.45, 7) is 1.45. The van der Waals surface area contributed by atoms with E-state index in [9.17, 15) is 9.59 Å². The fourth-order valence-electron chi connectivity index (χ4n) is 1.64. The number of halogens is 1. The Morgan fingerprint density at radius 2 is 2.05 bits per heavy atom. The van der Waals surface area contributed by atoms with Gasteiger partial charge in [-0.3, -0.25) is 9.59 Å². The number of thioether (sulfide) groups is 1. The lowest BCUT2D eigenvalue weighted by molar-refractivity contribution is -0.114. The molecule has 0 saturated heterocycles. The van der Waals surface area contributed by atoms with Crippen molar-refractivity contribution in [2.24, 2.45) is 0 Å². The second-order valence-electron chi connectivity index (χ2n) is 4.41. The summed E-state index contributed by atoms with van der Waals surface area (Å²) < 4.78 is 0. The second-order valence-corrected chi connectivity index (χ2v) is 5.89. The van der Waals surface area contributed by atoms with Gasteiger partial charge in [0.2, 0.25) is 11.8 Å². The number of hydrogen-bond donors (Lipinski definition) is 2. The average molecular weight is 336 g/mol. The smallest absolute Gasteiger partial charge is 0.235 e. The van der Waals surface area contributed by atoms with Crippen LogP contribution in [0.25, 0.3) is 0 Å². The molecule has 0 fully saturated rings. The molecule has 2 rings (SSSR count). The standard InChI is InChI=1S/C15H14ClN3O2S/c1-10(20)18-12-3-2-4-13(7-12)22-9-15(21)19-14-6-5-11(16)8-17-14/h2-8H,9H2,1H3,(H,18,20)(H,17,19,21). The van der Waals surface area contributed by atoms with E-state index in [1.807, 2.05) is 18.2 Å². The lowest BCUT2D eigenvalue weighted by Crippen LogP contribution is -2.14. The van der Waals surface area contributed by atoms with E-state index in [1.54, 1.807) is 18.2 Å². The van der Waals surface area contributed by atoms with E-state index in [2.05, 4.69) is 15.6 Å². The van der Waals surface area contributed by atoms with Crippen LogP contribution in [0.4, 0.5) is 11.5 Å². The Labute approximate surface area is 137 Å². The number of benzene rings is 1. The first kappa shape index (κ1) is 16.3. The van der Waals surface area contributed by atoms with E-state index in [0.29, 0.717) is 16.5 Å². The van der Waals surface area contributed by atoms with Crippen LogP contribution in [0.15, 0.2) is 47.5 Å². The number of carbonyl (C=O) groups excluding carboxylic acids is 2. The maximum Gasteiger partial charge on any atom is 0.235 e. The van der Waals surface area contributed by atoms with Gasteiger partial charge >= 0.3 is 0 Å². The molecule has 0 saturated carbocycles. The van der Waals surface area contributed by atoms with Gasteiger partial charge in [-0.05, 0) is 30.3 Å². The summed E-state index contributed by atoms with van der Waals surface area (Å²) in [5.41, 5.74) is 0.706. The summed E-state index contributed by atoms with van der Waals surface area (Å²) >= 11 is 7.11. The number of anilines is 2. The normalized spacial score (nSPS) is 10.1. The van der Waals surface area contributed by atoms with Crippen LogP contribution in [0.1, 0.15) is 6.92 Å². The molecule has 2 N–H and O–H groups in total. The van der Waals surface area contributed by atoms with E-state index < -0.39 is 0 Å². The van der Waals surface area contributed by atoms with Crippen LogP contribution in [0, 0.1) is 0 Å². The van der Waals surface area contributed by atoms with Crippen molar-refractivity contribution in [1.29, 1.82) is 0 Å². The molecule has 0 aliphatic carbocycles. The van der Waals surface area contributed by atoms with E-state index >= 15 is 0 Å². The number of nitrogens with zero attached hydrogens (tertiary/aromatic N) is 1. The fraction of sp³-hybridized carbons (Fsp3) is 0.133. The third kappa shape index (κ3) is 5.38. The van der Waals surface area contributed by atoms with Crippen molar-refractivity contribution in [3.05, 3.63) is 47.6 Å². The number of hydrogen-bond acceptors (Lipinski definition) is 4. The molecule has 0 spiro atoms. The number of pyridine rings is 1. The zero-order valence-corrected chi connectivity index (χ0v) is 13.4. The van der Waals surface area contributed by atoms with Gasteiger partial charge in [-0.2, -0.15) is 0 Å². The predicted octanol–water partition coefficient (Wildman–Crippen LogP) is 3.42. The first-order valence-corrected chi connectivity index (χ1v) is 7.81. The van der Waals surface area contributed by atoms with Crippen LogP contribution in [0.2, 0.25) is 5.02 Å². The van der Waals surface area contributed by atoms with E-state index in [4.69, 9.17) is 11.6 Å². The highest BCUT2D eigenvalue weighted by atomic mass is 35.5. The Kier molecular flexibility index (Phi) is 5.80.